The van der Waals surface area contributed by atoms with Gasteiger partial charge in [0.1, 0.15) is 0 Å². The first-order chi connectivity index (χ1) is 11.8. The van der Waals surface area contributed by atoms with E-state index >= 15 is 0 Å². The molecular formula is C20H35N3O. The predicted octanol–water partition coefficient (Wildman–Crippen LogP) is 2.85. The van der Waals surface area contributed by atoms with Crippen molar-refractivity contribution in [2.45, 2.75) is 76.3 Å². The Bertz CT molecular complexity index is 440. The molecule has 0 aromatic heterocycles. The van der Waals surface area contributed by atoms with Crippen LogP contribution in [-0.2, 0) is 4.79 Å². The topological polar surface area (TPSA) is 44.4 Å². The van der Waals surface area contributed by atoms with Crippen molar-refractivity contribution >= 4 is 5.91 Å². The van der Waals surface area contributed by atoms with Crippen LogP contribution < -0.4 is 10.6 Å². The Labute approximate surface area is 147 Å². The first-order valence-electron chi connectivity index (χ1n) is 10.1. The number of amides is 1. The molecule has 2 aliphatic carbocycles. The van der Waals surface area contributed by atoms with E-state index in [1.54, 1.807) is 12.6 Å². The van der Waals surface area contributed by atoms with Crippen molar-refractivity contribution < 1.29 is 4.79 Å². The average molecular weight is 334 g/mol. The molecule has 136 valence electrons. The van der Waals surface area contributed by atoms with Crippen molar-refractivity contribution in [3.63, 3.8) is 0 Å². The Balaban J connectivity index is 1.49. The number of likely N-dealkylation sites (tertiary alicyclic amines) is 1. The van der Waals surface area contributed by atoms with E-state index < -0.39 is 0 Å². The minimum absolute atomic E-state index is 0.137. The first kappa shape index (κ1) is 17.9. The van der Waals surface area contributed by atoms with E-state index in [0.717, 1.165) is 19.0 Å². The highest BCUT2D eigenvalue weighted by Crippen LogP contribution is 2.35. The van der Waals surface area contributed by atoms with E-state index in [1.165, 1.54) is 64.2 Å². The number of nitrogens with zero attached hydrogens (tertiary/aromatic N) is 1. The lowest BCUT2D eigenvalue weighted by molar-refractivity contribution is -0.122. The monoisotopic (exact) mass is 333 g/mol. The maximum Gasteiger partial charge on any atom is 0.233 e. The van der Waals surface area contributed by atoms with Crippen LogP contribution in [-0.4, -0.2) is 49.6 Å². The summed E-state index contributed by atoms with van der Waals surface area (Å²) in [4.78, 5) is 13.8. The fourth-order valence-corrected chi connectivity index (χ4v) is 4.82. The fraction of sp³-hybridized carbons (Fsp3) is 0.850. The molecule has 1 saturated heterocycles. The van der Waals surface area contributed by atoms with Gasteiger partial charge >= 0.3 is 0 Å². The standard InChI is InChI=1S/C20H35N3O/c1-21-20(24)15-23-13-11-17(12-14-23)22-19-10-6-5-9-18(19)16-7-3-2-4-8-16/h7,17-19,22H,2-6,8-15H2,1H3,(H,21,24)/t18-,19-/m0/s1. The zero-order chi connectivity index (χ0) is 16.8. The number of allylic oxidation sites excluding steroid dienone is 1. The molecule has 0 aromatic rings. The average Bonchev–Trinajstić information content (AvgIpc) is 2.64. The van der Waals surface area contributed by atoms with Gasteiger partial charge in [0, 0.05) is 32.2 Å². The summed E-state index contributed by atoms with van der Waals surface area (Å²) in [6.45, 7) is 2.65. The van der Waals surface area contributed by atoms with Gasteiger partial charge < -0.3 is 10.6 Å². The van der Waals surface area contributed by atoms with Gasteiger partial charge in [-0.1, -0.05) is 24.5 Å². The van der Waals surface area contributed by atoms with Gasteiger partial charge in [0.2, 0.25) is 5.91 Å². The maximum atomic E-state index is 11.5. The molecule has 4 heteroatoms. The van der Waals surface area contributed by atoms with E-state index in [4.69, 9.17) is 0 Å². The molecule has 0 unspecified atom stereocenters. The molecule has 2 atom stereocenters. The number of nitrogens with one attached hydrogen (secondary N) is 2. The minimum Gasteiger partial charge on any atom is -0.358 e. The summed E-state index contributed by atoms with van der Waals surface area (Å²) in [6.07, 6.45) is 15.9. The van der Waals surface area contributed by atoms with Crippen molar-refractivity contribution in [1.82, 2.24) is 15.5 Å². The quantitative estimate of drug-likeness (QED) is 0.761. The molecule has 1 aliphatic heterocycles. The number of likely N-dealkylation sites (N-methyl/N-ethyl adjacent to an activating group) is 1. The van der Waals surface area contributed by atoms with Crippen LogP contribution in [0.15, 0.2) is 11.6 Å². The minimum atomic E-state index is 0.137. The van der Waals surface area contributed by atoms with E-state index in [1.807, 2.05) is 0 Å². The highest BCUT2D eigenvalue weighted by Gasteiger charge is 2.31. The summed E-state index contributed by atoms with van der Waals surface area (Å²) >= 11 is 0. The molecule has 3 rings (SSSR count). The number of hydrogen-bond donors (Lipinski definition) is 2. The SMILES string of the molecule is CNC(=O)CN1CCC(N[C@H]2CCCC[C@H]2C2=CCCCC2)CC1. The second-order valence-corrected chi connectivity index (χ2v) is 7.91. The third-order valence-corrected chi connectivity index (χ3v) is 6.25. The third-order valence-electron chi connectivity index (χ3n) is 6.25. The molecule has 3 aliphatic rings. The van der Waals surface area contributed by atoms with E-state index in [2.05, 4.69) is 21.6 Å². The molecule has 0 bridgehead atoms. The van der Waals surface area contributed by atoms with Crippen LogP contribution in [0.2, 0.25) is 0 Å². The summed E-state index contributed by atoms with van der Waals surface area (Å²) in [5, 5.41) is 6.75. The van der Waals surface area contributed by atoms with E-state index in [0.29, 0.717) is 18.6 Å². The molecular weight excluding hydrogens is 298 g/mol. The summed E-state index contributed by atoms with van der Waals surface area (Å²) in [6, 6.07) is 1.33. The lowest BCUT2D eigenvalue weighted by Crippen LogP contribution is -2.50. The van der Waals surface area contributed by atoms with Gasteiger partial charge in [-0.3, -0.25) is 9.69 Å². The van der Waals surface area contributed by atoms with Gasteiger partial charge in [0.15, 0.2) is 0 Å². The van der Waals surface area contributed by atoms with Crippen LogP contribution in [0, 0.1) is 5.92 Å². The fourth-order valence-electron chi connectivity index (χ4n) is 4.82. The lowest BCUT2D eigenvalue weighted by Gasteiger charge is -2.40. The molecule has 0 spiro atoms. The van der Waals surface area contributed by atoms with Gasteiger partial charge in [-0.2, -0.15) is 0 Å². The molecule has 0 aromatic carbocycles. The lowest BCUT2D eigenvalue weighted by atomic mass is 9.76. The van der Waals surface area contributed by atoms with Gasteiger partial charge in [-0.25, -0.2) is 0 Å². The normalized spacial score (nSPS) is 30.0. The van der Waals surface area contributed by atoms with Crippen LogP contribution in [0.3, 0.4) is 0 Å². The Kier molecular flexibility index (Phi) is 6.73. The molecule has 2 fully saturated rings. The Morgan fingerprint density at radius 1 is 1.12 bits per heavy atom. The molecule has 0 radical (unpaired) electrons. The van der Waals surface area contributed by atoms with Crippen LogP contribution in [0.25, 0.3) is 0 Å². The van der Waals surface area contributed by atoms with Crippen LogP contribution in [0.4, 0.5) is 0 Å². The molecule has 1 amide bonds. The van der Waals surface area contributed by atoms with Crippen molar-refractivity contribution in [2.75, 3.05) is 26.7 Å². The van der Waals surface area contributed by atoms with Crippen molar-refractivity contribution in [2.24, 2.45) is 5.92 Å². The van der Waals surface area contributed by atoms with Crippen LogP contribution in [0.5, 0.6) is 0 Å². The number of piperidine rings is 1. The van der Waals surface area contributed by atoms with Crippen LogP contribution in [0.1, 0.15) is 64.2 Å². The molecule has 24 heavy (non-hydrogen) atoms. The van der Waals surface area contributed by atoms with E-state index in [-0.39, 0.29) is 5.91 Å². The van der Waals surface area contributed by atoms with Crippen molar-refractivity contribution in [3.8, 4) is 0 Å². The van der Waals surface area contributed by atoms with Gasteiger partial charge in [0.25, 0.3) is 0 Å². The number of carbonyl (C=O) groups excluding carboxylic acids is 1. The predicted molar refractivity (Wildman–Crippen MR) is 99.0 cm³/mol. The highest BCUT2D eigenvalue weighted by atomic mass is 16.1. The van der Waals surface area contributed by atoms with Crippen molar-refractivity contribution in [3.05, 3.63) is 11.6 Å². The first-order valence-corrected chi connectivity index (χ1v) is 10.1. The summed E-state index contributed by atoms with van der Waals surface area (Å²) in [5.41, 5.74) is 1.76. The number of carbonyl (C=O) groups is 1. The summed E-state index contributed by atoms with van der Waals surface area (Å²) in [7, 11) is 1.72. The maximum absolute atomic E-state index is 11.5. The Hall–Kier alpha value is -0.870. The smallest absolute Gasteiger partial charge is 0.233 e. The zero-order valence-corrected chi connectivity index (χ0v) is 15.4. The number of rotatable bonds is 5. The zero-order valence-electron chi connectivity index (χ0n) is 15.4. The molecule has 1 heterocycles. The van der Waals surface area contributed by atoms with Gasteiger partial charge in [-0.15, -0.1) is 0 Å². The van der Waals surface area contributed by atoms with Crippen molar-refractivity contribution in [1.29, 1.82) is 0 Å². The summed E-state index contributed by atoms with van der Waals surface area (Å²) in [5.74, 6) is 0.931. The highest BCUT2D eigenvalue weighted by molar-refractivity contribution is 5.77. The van der Waals surface area contributed by atoms with E-state index in [9.17, 15) is 4.79 Å². The summed E-state index contributed by atoms with van der Waals surface area (Å²) < 4.78 is 0. The second-order valence-electron chi connectivity index (χ2n) is 7.91. The molecule has 1 saturated carbocycles. The Morgan fingerprint density at radius 2 is 1.92 bits per heavy atom. The van der Waals surface area contributed by atoms with Gasteiger partial charge in [0.05, 0.1) is 6.54 Å². The second kappa shape index (κ2) is 9.00. The Morgan fingerprint density at radius 3 is 2.62 bits per heavy atom. The van der Waals surface area contributed by atoms with Crippen LogP contribution >= 0.6 is 0 Å². The molecule has 2 N–H and O–H groups in total. The molecule has 4 nitrogen and oxygen atoms in total. The third kappa shape index (κ3) is 4.82. The largest absolute Gasteiger partial charge is 0.358 e. The van der Waals surface area contributed by atoms with Gasteiger partial charge in [-0.05, 0) is 57.3 Å². The number of hydrogen-bond acceptors (Lipinski definition) is 3.